The Hall–Kier alpha value is -3.21. The van der Waals surface area contributed by atoms with Crippen LogP contribution in [0.15, 0.2) is 67.7 Å². The van der Waals surface area contributed by atoms with E-state index in [4.69, 9.17) is 4.42 Å². The van der Waals surface area contributed by atoms with Gasteiger partial charge in [0.15, 0.2) is 0 Å². The summed E-state index contributed by atoms with van der Waals surface area (Å²) >= 11 is 4.73. The number of halogens is 1. The van der Waals surface area contributed by atoms with Crippen molar-refractivity contribution < 1.29 is 4.42 Å². The summed E-state index contributed by atoms with van der Waals surface area (Å²) < 4.78 is 6.31. The zero-order valence-corrected chi connectivity index (χ0v) is 18.6. The summed E-state index contributed by atoms with van der Waals surface area (Å²) in [6.07, 6.45) is 1.64. The predicted octanol–water partition coefficient (Wildman–Crippen LogP) is 6.27. The number of hydrogen-bond acceptors (Lipinski definition) is 6. The van der Waals surface area contributed by atoms with Crippen molar-refractivity contribution in [1.29, 1.82) is 5.26 Å². The fraction of sp³-hybridized carbons (Fsp3) is 0.0870. The summed E-state index contributed by atoms with van der Waals surface area (Å²) in [6, 6.07) is 15.5. The van der Waals surface area contributed by atoms with Crippen LogP contribution in [0.3, 0.4) is 0 Å². The second-order valence-electron chi connectivity index (χ2n) is 6.80. The summed E-state index contributed by atoms with van der Waals surface area (Å²) in [5.74, 6) is 0. The van der Waals surface area contributed by atoms with Gasteiger partial charge in [-0.15, -0.1) is 11.3 Å². The van der Waals surface area contributed by atoms with E-state index in [-0.39, 0.29) is 0 Å². The number of nitriles is 1. The second kappa shape index (κ2) is 8.27. The highest BCUT2D eigenvalue weighted by Crippen LogP contribution is 2.28. The number of rotatable bonds is 4. The summed E-state index contributed by atoms with van der Waals surface area (Å²) in [4.78, 5) is 17.0. The summed E-state index contributed by atoms with van der Waals surface area (Å²) in [7, 11) is 0. The highest BCUT2D eigenvalue weighted by Gasteiger charge is 2.14. The lowest BCUT2D eigenvalue weighted by Crippen LogP contribution is -2.03. The van der Waals surface area contributed by atoms with Crippen LogP contribution in [0.1, 0.15) is 16.1 Å². The smallest absolute Gasteiger partial charge is 0.345 e. The number of hydrogen-bond donors (Lipinski definition) is 1. The lowest BCUT2D eigenvalue weighted by molar-refractivity contribution is 0.563. The topological polar surface area (TPSA) is 78.9 Å². The maximum atomic E-state index is 12.4. The molecule has 0 aliphatic rings. The van der Waals surface area contributed by atoms with Gasteiger partial charge >= 0.3 is 5.63 Å². The molecule has 0 bridgehead atoms. The molecule has 0 spiro atoms. The van der Waals surface area contributed by atoms with Crippen molar-refractivity contribution in [2.45, 2.75) is 13.8 Å². The Kier molecular flexibility index (Phi) is 5.53. The molecule has 1 N–H and O–H groups in total. The van der Waals surface area contributed by atoms with E-state index in [9.17, 15) is 10.1 Å². The number of aryl methyl sites for hydroxylation is 2. The fourth-order valence-corrected chi connectivity index (χ4v) is 4.14. The molecule has 0 fully saturated rings. The molecule has 0 saturated heterocycles. The normalized spacial score (nSPS) is 11.5. The van der Waals surface area contributed by atoms with E-state index in [1.165, 1.54) is 11.3 Å². The van der Waals surface area contributed by atoms with Gasteiger partial charge in [0.25, 0.3) is 0 Å². The molecule has 2 aromatic heterocycles. The van der Waals surface area contributed by atoms with Gasteiger partial charge < -0.3 is 9.73 Å². The number of aromatic nitrogens is 1. The van der Waals surface area contributed by atoms with E-state index in [1.54, 1.807) is 23.7 Å². The molecule has 0 aliphatic heterocycles. The van der Waals surface area contributed by atoms with E-state index in [0.717, 1.165) is 26.7 Å². The van der Waals surface area contributed by atoms with Crippen molar-refractivity contribution in [2.75, 3.05) is 5.32 Å². The lowest BCUT2D eigenvalue weighted by Gasteiger charge is -2.06. The molecular weight excluding hydrogens is 462 g/mol. The molecule has 0 aliphatic carbocycles. The van der Waals surface area contributed by atoms with E-state index < -0.39 is 5.63 Å². The standard InChI is InChI=1S/C23H16BrN3O2S/c1-13-3-4-14(2)19(7-13)26-11-16(10-25)22-27-20(12-30-22)18-9-15-8-17(24)5-6-21(15)29-23(18)28/h3-9,11-12,26H,1-2H3/b16-11-. The molecule has 0 unspecified atom stereocenters. The van der Waals surface area contributed by atoms with E-state index in [1.807, 2.05) is 44.2 Å². The molecule has 7 heteroatoms. The highest BCUT2D eigenvalue weighted by molar-refractivity contribution is 9.10. The third-order valence-corrected chi connectivity index (χ3v) is 5.96. The minimum Gasteiger partial charge on any atom is -0.422 e. The molecule has 148 valence electrons. The molecular formula is C23H16BrN3O2S. The van der Waals surface area contributed by atoms with E-state index >= 15 is 0 Å². The second-order valence-corrected chi connectivity index (χ2v) is 8.57. The Morgan fingerprint density at radius 2 is 2.07 bits per heavy atom. The molecule has 5 nitrogen and oxygen atoms in total. The molecule has 2 aromatic carbocycles. The number of nitrogens with zero attached hydrogens (tertiary/aromatic N) is 2. The van der Waals surface area contributed by atoms with Crippen LogP contribution < -0.4 is 10.9 Å². The van der Waals surface area contributed by atoms with E-state index in [2.05, 4.69) is 32.3 Å². The average molecular weight is 478 g/mol. The minimum atomic E-state index is -0.460. The third kappa shape index (κ3) is 4.06. The number of nitrogens with one attached hydrogen (secondary N) is 1. The van der Waals surface area contributed by atoms with Crippen LogP contribution in [0, 0.1) is 25.2 Å². The first-order valence-electron chi connectivity index (χ1n) is 9.08. The Morgan fingerprint density at radius 1 is 1.23 bits per heavy atom. The van der Waals surface area contributed by atoms with Crippen LogP contribution in [0.2, 0.25) is 0 Å². The molecule has 0 amide bonds. The van der Waals surface area contributed by atoms with Crippen molar-refractivity contribution in [2.24, 2.45) is 0 Å². The van der Waals surface area contributed by atoms with Crippen molar-refractivity contribution in [3.63, 3.8) is 0 Å². The Bertz CT molecular complexity index is 1400. The van der Waals surface area contributed by atoms with Crippen LogP contribution >= 0.6 is 27.3 Å². The first kappa shape index (κ1) is 20.1. The lowest BCUT2D eigenvalue weighted by atomic mass is 10.1. The molecule has 0 saturated carbocycles. The van der Waals surface area contributed by atoms with Crippen molar-refractivity contribution >= 4 is 49.5 Å². The summed E-state index contributed by atoms with van der Waals surface area (Å²) in [5.41, 5.74) is 4.42. The van der Waals surface area contributed by atoms with Gasteiger partial charge in [-0.2, -0.15) is 5.26 Å². The highest BCUT2D eigenvalue weighted by atomic mass is 79.9. The largest absolute Gasteiger partial charge is 0.422 e. The first-order valence-corrected chi connectivity index (χ1v) is 10.8. The molecule has 0 atom stereocenters. The molecule has 30 heavy (non-hydrogen) atoms. The number of anilines is 1. The van der Waals surface area contributed by atoms with Crippen LogP contribution in [0.25, 0.3) is 27.8 Å². The fourth-order valence-electron chi connectivity index (χ4n) is 2.98. The van der Waals surface area contributed by atoms with Gasteiger partial charge in [0.1, 0.15) is 22.2 Å². The number of benzene rings is 2. The Balaban J connectivity index is 1.68. The molecule has 2 heterocycles. The third-order valence-electron chi connectivity index (χ3n) is 4.59. The van der Waals surface area contributed by atoms with Crippen LogP contribution in [0.4, 0.5) is 5.69 Å². The van der Waals surface area contributed by atoms with Crippen LogP contribution in [-0.2, 0) is 0 Å². The van der Waals surface area contributed by atoms with Gasteiger partial charge in [0, 0.05) is 27.1 Å². The average Bonchev–Trinajstić information content (AvgIpc) is 3.20. The van der Waals surface area contributed by atoms with E-state index in [0.29, 0.717) is 27.4 Å². The maximum absolute atomic E-state index is 12.4. The zero-order chi connectivity index (χ0) is 21.3. The summed E-state index contributed by atoms with van der Waals surface area (Å²) in [5, 5.41) is 15.9. The van der Waals surface area contributed by atoms with Gasteiger partial charge in [0.05, 0.1) is 11.3 Å². The van der Waals surface area contributed by atoms with Gasteiger partial charge in [-0.25, -0.2) is 9.78 Å². The number of thiazole rings is 1. The predicted molar refractivity (Wildman–Crippen MR) is 124 cm³/mol. The van der Waals surface area contributed by atoms with Gasteiger partial charge in [-0.3, -0.25) is 0 Å². The number of allylic oxidation sites excluding steroid dienone is 1. The summed E-state index contributed by atoms with van der Waals surface area (Å²) in [6.45, 7) is 4.01. The quantitative estimate of drug-likeness (QED) is 0.276. The maximum Gasteiger partial charge on any atom is 0.345 e. The SMILES string of the molecule is Cc1ccc(C)c(N/C=C(/C#N)c2nc(-c3cc4cc(Br)ccc4oc3=O)cs2)c1. The Morgan fingerprint density at radius 3 is 2.87 bits per heavy atom. The van der Waals surface area contributed by atoms with Gasteiger partial charge in [0.2, 0.25) is 0 Å². The number of fused-ring (bicyclic) bond motifs is 1. The van der Waals surface area contributed by atoms with Gasteiger partial charge in [-0.05, 0) is 55.3 Å². The first-order chi connectivity index (χ1) is 14.4. The van der Waals surface area contributed by atoms with Crippen molar-refractivity contribution in [3.05, 3.63) is 85.1 Å². The van der Waals surface area contributed by atoms with Crippen molar-refractivity contribution in [3.8, 4) is 17.3 Å². The molecule has 0 radical (unpaired) electrons. The zero-order valence-electron chi connectivity index (χ0n) is 16.2. The molecule has 4 aromatic rings. The Labute approximate surface area is 185 Å². The minimum absolute atomic E-state index is 0.364. The monoisotopic (exact) mass is 477 g/mol. The van der Waals surface area contributed by atoms with Crippen LogP contribution in [0.5, 0.6) is 0 Å². The molecule has 4 rings (SSSR count). The van der Waals surface area contributed by atoms with Gasteiger partial charge in [-0.1, -0.05) is 28.1 Å². The van der Waals surface area contributed by atoms with Crippen LogP contribution in [-0.4, -0.2) is 4.98 Å². The van der Waals surface area contributed by atoms with Crippen molar-refractivity contribution in [1.82, 2.24) is 4.98 Å².